The van der Waals surface area contributed by atoms with Gasteiger partial charge in [-0.05, 0) is 13.0 Å². The van der Waals surface area contributed by atoms with Crippen LogP contribution in [0.4, 0.5) is 11.4 Å². The maximum atomic E-state index is 11.7. The number of nitrogens with one attached hydrogen (secondary N) is 1. The number of benzene rings is 1. The first-order valence-electron chi connectivity index (χ1n) is 4.97. The molecule has 18 heavy (non-hydrogen) atoms. The molecule has 1 rings (SSSR count). The third-order valence-corrected chi connectivity index (χ3v) is 2.30. The zero-order chi connectivity index (χ0) is 13.9. The van der Waals surface area contributed by atoms with Crippen LogP contribution in [0.25, 0.3) is 0 Å². The second-order valence-corrected chi connectivity index (χ2v) is 3.59. The average molecular weight is 252 g/mol. The fourth-order valence-electron chi connectivity index (χ4n) is 1.26. The molecule has 0 heterocycles. The zero-order valence-electron chi connectivity index (χ0n) is 9.54. The average Bonchev–Trinajstić information content (AvgIpc) is 2.28. The van der Waals surface area contributed by atoms with E-state index in [0.717, 1.165) is 0 Å². The number of para-hydroxylation sites is 1. The minimum Gasteiger partial charge on any atom is -0.393 e. The van der Waals surface area contributed by atoms with Crippen LogP contribution in [0.1, 0.15) is 17.3 Å². The second-order valence-electron chi connectivity index (χ2n) is 3.59. The molecule has 5 N–H and O–H groups in total. The molecule has 2 amide bonds. The van der Waals surface area contributed by atoms with E-state index in [1.807, 2.05) is 0 Å². The largest absolute Gasteiger partial charge is 0.393 e. The van der Waals surface area contributed by atoms with Crippen LogP contribution in [-0.2, 0) is 4.79 Å². The summed E-state index contributed by atoms with van der Waals surface area (Å²) in [5.74, 6) is -1.41. The predicted molar refractivity (Wildman–Crippen MR) is 63.6 cm³/mol. The Morgan fingerprint density at radius 1 is 1.44 bits per heavy atom. The number of carbonyl (C=O) groups excluding carboxylic acids is 2. The Labute approximate surface area is 102 Å². The Morgan fingerprint density at radius 3 is 2.56 bits per heavy atom. The Balaban J connectivity index is 3.04. The van der Waals surface area contributed by atoms with E-state index in [-0.39, 0.29) is 16.9 Å². The fourth-order valence-corrected chi connectivity index (χ4v) is 1.26. The fraction of sp³-hybridized carbons (Fsp3) is 0.200. The number of anilines is 1. The molecule has 0 radical (unpaired) electrons. The molecule has 8 nitrogen and oxygen atoms in total. The van der Waals surface area contributed by atoms with Crippen LogP contribution in [0.15, 0.2) is 18.2 Å². The highest BCUT2D eigenvalue weighted by molar-refractivity contribution is 6.02. The highest BCUT2D eigenvalue weighted by Crippen LogP contribution is 2.24. The van der Waals surface area contributed by atoms with Crippen LogP contribution in [0.3, 0.4) is 0 Å². The summed E-state index contributed by atoms with van der Waals surface area (Å²) in [5, 5.41) is 12.9. The van der Waals surface area contributed by atoms with Crippen LogP contribution in [0, 0.1) is 10.1 Å². The number of nitrogens with zero attached hydrogens (tertiary/aromatic N) is 1. The number of nitro groups is 1. The first-order valence-corrected chi connectivity index (χ1v) is 4.97. The first-order chi connectivity index (χ1) is 8.34. The number of nitro benzene ring substituents is 1. The molecule has 8 heteroatoms. The summed E-state index contributed by atoms with van der Waals surface area (Å²) in [5.41, 5.74) is 9.81. The van der Waals surface area contributed by atoms with Gasteiger partial charge in [0.05, 0.1) is 10.5 Å². The molecule has 0 aliphatic carbocycles. The lowest BCUT2D eigenvalue weighted by Crippen LogP contribution is -2.42. The summed E-state index contributed by atoms with van der Waals surface area (Å²) < 4.78 is 0. The van der Waals surface area contributed by atoms with E-state index in [1.54, 1.807) is 0 Å². The SMILES string of the molecule is CC(NC(=O)c1cccc([N+](=O)[O-])c1N)C(N)=O. The Hall–Kier alpha value is -2.64. The molecule has 0 fully saturated rings. The predicted octanol–water partition coefficient (Wildman–Crippen LogP) is -0.219. The zero-order valence-corrected chi connectivity index (χ0v) is 9.54. The van der Waals surface area contributed by atoms with Crippen molar-refractivity contribution in [3.63, 3.8) is 0 Å². The first kappa shape index (κ1) is 13.4. The number of amides is 2. The molecular weight excluding hydrogens is 240 g/mol. The lowest BCUT2D eigenvalue weighted by Gasteiger charge is -2.11. The number of nitrogen functional groups attached to an aromatic ring is 1. The molecule has 0 spiro atoms. The lowest BCUT2D eigenvalue weighted by molar-refractivity contribution is -0.383. The van der Waals surface area contributed by atoms with Crippen LogP contribution in [0.5, 0.6) is 0 Å². The van der Waals surface area contributed by atoms with E-state index in [4.69, 9.17) is 11.5 Å². The van der Waals surface area contributed by atoms with Crippen molar-refractivity contribution < 1.29 is 14.5 Å². The van der Waals surface area contributed by atoms with Crippen molar-refractivity contribution >= 4 is 23.2 Å². The Bertz CT molecular complexity index is 515. The number of rotatable bonds is 4. The molecule has 1 aromatic rings. The van der Waals surface area contributed by atoms with Crippen molar-refractivity contribution in [3.8, 4) is 0 Å². The van der Waals surface area contributed by atoms with E-state index in [1.165, 1.54) is 25.1 Å². The van der Waals surface area contributed by atoms with Gasteiger partial charge in [-0.3, -0.25) is 19.7 Å². The minimum atomic E-state index is -0.892. The smallest absolute Gasteiger partial charge is 0.292 e. The van der Waals surface area contributed by atoms with Gasteiger partial charge in [0.1, 0.15) is 11.7 Å². The molecule has 1 aromatic carbocycles. The van der Waals surface area contributed by atoms with Crippen LogP contribution in [-0.4, -0.2) is 22.8 Å². The summed E-state index contributed by atoms with van der Waals surface area (Å²) in [6.07, 6.45) is 0. The molecule has 0 saturated carbocycles. The molecule has 0 aromatic heterocycles. The van der Waals surface area contributed by atoms with Crippen LogP contribution >= 0.6 is 0 Å². The van der Waals surface area contributed by atoms with Gasteiger partial charge < -0.3 is 16.8 Å². The van der Waals surface area contributed by atoms with E-state index < -0.39 is 22.8 Å². The highest BCUT2D eigenvalue weighted by atomic mass is 16.6. The molecule has 1 atom stereocenters. The van der Waals surface area contributed by atoms with Gasteiger partial charge in [0.2, 0.25) is 5.91 Å². The van der Waals surface area contributed by atoms with E-state index in [0.29, 0.717) is 0 Å². The quantitative estimate of drug-likeness (QED) is 0.386. The number of hydrogen-bond acceptors (Lipinski definition) is 5. The van der Waals surface area contributed by atoms with Crippen molar-refractivity contribution in [2.75, 3.05) is 5.73 Å². The minimum absolute atomic E-state index is 0.0719. The maximum Gasteiger partial charge on any atom is 0.292 e. The lowest BCUT2D eigenvalue weighted by atomic mass is 10.1. The molecule has 0 aliphatic rings. The molecule has 0 aliphatic heterocycles. The van der Waals surface area contributed by atoms with Crippen LogP contribution < -0.4 is 16.8 Å². The molecule has 0 saturated heterocycles. The number of hydrogen-bond donors (Lipinski definition) is 3. The van der Waals surface area contributed by atoms with Gasteiger partial charge in [-0.25, -0.2) is 0 Å². The normalized spacial score (nSPS) is 11.6. The summed E-state index contributed by atoms with van der Waals surface area (Å²) in [7, 11) is 0. The van der Waals surface area contributed by atoms with Crippen molar-refractivity contribution in [2.45, 2.75) is 13.0 Å². The third-order valence-electron chi connectivity index (χ3n) is 2.30. The van der Waals surface area contributed by atoms with E-state index >= 15 is 0 Å². The van der Waals surface area contributed by atoms with Gasteiger partial charge in [-0.15, -0.1) is 0 Å². The van der Waals surface area contributed by atoms with Gasteiger partial charge in [0.25, 0.3) is 11.6 Å². The van der Waals surface area contributed by atoms with Crippen molar-refractivity contribution in [1.29, 1.82) is 0 Å². The Morgan fingerprint density at radius 2 is 2.06 bits per heavy atom. The van der Waals surface area contributed by atoms with Crippen molar-refractivity contribution in [3.05, 3.63) is 33.9 Å². The molecule has 1 unspecified atom stereocenters. The van der Waals surface area contributed by atoms with Crippen molar-refractivity contribution in [2.24, 2.45) is 5.73 Å². The van der Waals surface area contributed by atoms with Crippen LogP contribution in [0.2, 0.25) is 0 Å². The molecule has 96 valence electrons. The van der Waals surface area contributed by atoms with E-state index in [2.05, 4.69) is 5.32 Å². The van der Waals surface area contributed by atoms with Gasteiger partial charge >= 0.3 is 0 Å². The second kappa shape index (κ2) is 5.13. The van der Waals surface area contributed by atoms with Crippen molar-refractivity contribution in [1.82, 2.24) is 5.32 Å². The third kappa shape index (κ3) is 2.73. The van der Waals surface area contributed by atoms with E-state index in [9.17, 15) is 19.7 Å². The standard InChI is InChI=1S/C10H12N4O4/c1-5(9(12)15)13-10(16)6-3-2-4-7(8(6)11)14(17)18/h2-5H,11H2,1H3,(H2,12,15)(H,13,16). The summed E-state index contributed by atoms with van der Waals surface area (Å²) >= 11 is 0. The number of primary amides is 1. The molecule has 0 bridgehead atoms. The van der Waals surface area contributed by atoms with Gasteiger partial charge in [0, 0.05) is 6.07 Å². The van der Waals surface area contributed by atoms with Gasteiger partial charge in [0.15, 0.2) is 0 Å². The highest BCUT2D eigenvalue weighted by Gasteiger charge is 2.21. The van der Waals surface area contributed by atoms with Gasteiger partial charge in [-0.2, -0.15) is 0 Å². The summed E-state index contributed by atoms with van der Waals surface area (Å²) in [6, 6.07) is 2.95. The number of nitrogens with two attached hydrogens (primary N) is 2. The monoisotopic (exact) mass is 252 g/mol. The number of carbonyl (C=O) groups is 2. The topological polar surface area (TPSA) is 141 Å². The Kier molecular flexibility index (Phi) is 3.82. The van der Waals surface area contributed by atoms with Gasteiger partial charge in [-0.1, -0.05) is 6.07 Å². The molecular formula is C10H12N4O4. The summed E-state index contributed by atoms with van der Waals surface area (Å²) in [6.45, 7) is 1.40. The summed E-state index contributed by atoms with van der Waals surface area (Å²) in [4.78, 5) is 32.5. The maximum absolute atomic E-state index is 11.7.